The van der Waals surface area contributed by atoms with Gasteiger partial charge in [0, 0.05) is 11.2 Å². The van der Waals surface area contributed by atoms with Gasteiger partial charge in [0.1, 0.15) is 0 Å². The van der Waals surface area contributed by atoms with Crippen LogP contribution >= 0.6 is 27.7 Å². The van der Waals surface area contributed by atoms with Crippen molar-refractivity contribution in [1.82, 2.24) is 14.9 Å². The highest BCUT2D eigenvalue weighted by atomic mass is 79.9. The number of nitrogens with zero attached hydrogens (tertiary/aromatic N) is 3. The second-order valence-electron chi connectivity index (χ2n) is 4.23. The van der Waals surface area contributed by atoms with Crippen LogP contribution < -0.4 is 5.84 Å². The van der Waals surface area contributed by atoms with Crippen molar-refractivity contribution in [3.8, 4) is 0 Å². The van der Waals surface area contributed by atoms with Crippen LogP contribution in [0.4, 0.5) is 0 Å². The molecule has 4 nitrogen and oxygen atoms in total. The third-order valence-corrected chi connectivity index (χ3v) is 3.37. The zero-order valence-electron chi connectivity index (χ0n) is 9.12. The minimum atomic E-state index is -0.0913. The Bertz CT molecular complexity index is 367. The fraction of sp³-hybridized carbons (Fsp3) is 0.556. The lowest BCUT2D eigenvalue weighted by atomic mass is 9.96. The normalized spacial score (nSPS) is 11.7. The van der Waals surface area contributed by atoms with Crippen LogP contribution in [0.5, 0.6) is 0 Å². The standard InChI is InChI=1S/C9H15BrN4S/c1-6(10)5-15-8-13-12-7(14(8)11)9(2,3)4/h1,5,11H2,2-4H3. The molecular formula is C9H15BrN4S. The van der Waals surface area contributed by atoms with Gasteiger partial charge in [-0.2, -0.15) is 0 Å². The number of nitrogens with two attached hydrogens (primary N) is 1. The quantitative estimate of drug-likeness (QED) is 0.685. The lowest BCUT2D eigenvalue weighted by molar-refractivity contribution is 0.523. The fourth-order valence-electron chi connectivity index (χ4n) is 1.03. The minimum absolute atomic E-state index is 0.0913. The summed E-state index contributed by atoms with van der Waals surface area (Å²) in [4.78, 5) is 0. The van der Waals surface area contributed by atoms with E-state index in [2.05, 4.69) is 53.5 Å². The van der Waals surface area contributed by atoms with Gasteiger partial charge in [-0.3, -0.25) is 0 Å². The molecule has 6 heteroatoms. The van der Waals surface area contributed by atoms with Crippen LogP contribution in [0.1, 0.15) is 26.6 Å². The van der Waals surface area contributed by atoms with Crippen molar-refractivity contribution in [3.05, 3.63) is 16.9 Å². The molecule has 0 atom stereocenters. The first-order valence-electron chi connectivity index (χ1n) is 4.49. The Kier molecular flexibility index (Phi) is 3.83. The highest BCUT2D eigenvalue weighted by molar-refractivity contribution is 9.11. The van der Waals surface area contributed by atoms with E-state index >= 15 is 0 Å². The van der Waals surface area contributed by atoms with Crippen LogP contribution in [0.15, 0.2) is 16.2 Å². The maximum absolute atomic E-state index is 5.90. The van der Waals surface area contributed by atoms with Crippen LogP contribution in [-0.4, -0.2) is 20.6 Å². The molecule has 0 bridgehead atoms. The predicted octanol–water partition coefficient (Wildman–Crippen LogP) is 2.29. The summed E-state index contributed by atoms with van der Waals surface area (Å²) in [6.07, 6.45) is 0. The van der Waals surface area contributed by atoms with Crippen LogP contribution in [-0.2, 0) is 5.41 Å². The number of aromatic nitrogens is 3. The van der Waals surface area contributed by atoms with E-state index in [-0.39, 0.29) is 5.41 Å². The summed E-state index contributed by atoms with van der Waals surface area (Å²) in [6, 6.07) is 0. The zero-order valence-corrected chi connectivity index (χ0v) is 11.5. The van der Waals surface area contributed by atoms with Crippen molar-refractivity contribution in [2.45, 2.75) is 31.3 Å². The van der Waals surface area contributed by atoms with Crippen LogP contribution in [0.3, 0.4) is 0 Å². The van der Waals surface area contributed by atoms with E-state index in [1.165, 1.54) is 11.8 Å². The first kappa shape index (κ1) is 12.6. The van der Waals surface area contributed by atoms with E-state index in [9.17, 15) is 0 Å². The van der Waals surface area contributed by atoms with Gasteiger partial charge in [-0.25, -0.2) is 4.68 Å². The summed E-state index contributed by atoms with van der Waals surface area (Å²) in [5.74, 6) is 7.42. The monoisotopic (exact) mass is 290 g/mol. The second-order valence-corrected chi connectivity index (χ2v) is 6.30. The Morgan fingerprint density at radius 1 is 1.53 bits per heavy atom. The molecule has 0 saturated carbocycles. The molecule has 1 aromatic rings. The summed E-state index contributed by atoms with van der Waals surface area (Å²) < 4.78 is 2.45. The molecule has 0 aliphatic carbocycles. The molecule has 1 rings (SSSR count). The minimum Gasteiger partial charge on any atom is -0.336 e. The second kappa shape index (κ2) is 4.57. The smallest absolute Gasteiger partial charge is 0.210 e. The van der Waals surface area contributed by atoms with Crippen molar-refractivity contribution in [2.75, 3.05) is 11.6 Å². The number of thioether (sulfide) groups is 1. The van der Waals surface area contributed by atoms with Crippen molar-refractivity contribution in [1.29, 1.82) is 0 Å². The maximum atomic E-state index is 5.90. The van der Waals surface area contributed by atoms with Gasteiger partial charge in [-0.05, 0) is 4.48 Å². The Hall–Kier alpha value is -0.490. The molecule has 0 saturated heterocycles. The van der Waals surface area contributed by atoms with E-state index < -0.39 is 0 Å². The van der Waals surface area contributed by atoms with E-state index in [1.54, 1.807) is 4.68 Å². The van der Waals surface area contributed by atoms with E-state index in [4.69, 9.17) is 5.84 Å². The molecule has 0 aliphatic heterocycles. The number of rotatable bonds is 3. The Balaban J connectivity index is 2.85. The third kappa shape index (κ3) is 3.24. The summed E-state index contributed by atoms with van der Waals surface area (Å²) in [7, 11) is 0. The lowest BCUT2D eigenvalue weighted by Crippen LogP contribution is -2.24. The third-order valence-electron chi connectivity index (χ3n) is 1.69. The largest absolute Gasteiger partial charge is 0.336 e. The molecule has 0 aromatic carbocycles. The molecule has 0 fully saturated rings. The van der Waals surface area contributed by atoms with Crippen LogP contribution in [0.25, 0.3) is 0 Å². The van der Waals surface area contributed by atoms with Gasteiger partial charge in [0.15, 0.2) is 5.82 Å². The highest BCUT2D eigenvalue weighted by Gasteiger charge is 2.22. The number of hydrogen-bond donors (Lipinski definition) is 1. The van der Waals surface area contributed by atoms with Crippen LogP contribution in [0, 0.1) is 0 Å². The van der Waals surface area contributed by atoms with Crippen molar-refractivity contribution in [2.24, 2.45) is 0 Å². The fourth-order valence-corrected chi connectivity index (χ4v) is 1.98. The van der Waals surface area contributed by atoms with Gasteiger partial charge >= 0.3 is 0 Å². The summed E-state index contributed by atoms with van der Waals surface area (Å²) >= 11 is 4.80. The molecule has 2 N–H and O–H groups in total. The number of hydrogen-bond acceptors (Lipinski definition) is 4. The zero-order chi connectivity index (χ0) is 11.6. The van der Waals surface area contributed by atoms with E-state index in [0.29, 0.717) is 5.16 Å². The average molecular weight is 291 g/mol. The van der Waals surface area contributed by atoms with Gasteiger partial charge in [-0.15, -0.1) is 10.2 Å². The summed E-state index contributed by atoms with van der Waals surface area (Å²) in [5.41, 5.74) is -0.0913. The molecule has 0 aliphatic rings. The molecule has 1 heterocycles. The molecule has 0 unspecified atom stereocenters. The number of halogens is 1. The maximum Gasteiger partial charge on any atom is 0.210 e. The van der Waals surface area contributed by atoms with E-state index in [0.717, 1.165) is 16.1 Å². The first-order chi connectivity index (χ1) is 6.82. The molecule has 0 radical (unpaired) electrons. The highest BCUT2D eigenvalue weighted by Crippen LogP contribution is 2.24. The Morgan fingerprint density at radius 3 is 2.53 bits per heavy atom. The first-order valence-corrected chi connectivity index (χ1v) is 6.27. The molecule has 84 valence electrons. The van der Waals surface area contributed by atoms with Gasteiger partial charge < -0.3 is 5.84 Å². The Morgan fingerprint density at radius 2 is 2.13 bits per heavy atom. The number of nitrogen functional groups attached to an aromatic ring is 1. The van der Waals surface area contributed by atoms with Crippen molar-refractivity contribution in [3.63, 3.8) is 0 Å². The molecule has 15 heavy (non-hydrogen) atoms. The molecule has 0 amide bonds. The van der Waals surface area contributed by atoms with Gasteiger partial charge in [0.25, 0.3) is 0 Å². The molecule has 1 aromatic heterocycles. The van der Waals surface area contributed by atoms with Crippen molar-refractivity contribution >= 4 is 27.7 Å². The topological polar surface area (TPSA) is 56.7 Å². The SMILES string of the molecule is C=C(Br)CSc1nnc(C(C)(C)C)n1N. The molecule has 0 spiro atoms. The van der Waals surface area contributed by atoms with Crippen molar-refractivity contribution < 1.29 is 0 Å². The molecular weight excluding hydrogens is 276 g/mol. The van der Waals surface area contributed by atoms with Gasteiger partial charge in [-0.1, -0.05) is 55.0 Å². The Labute approximate surface area is 102 Å². The van der Waals surface area contributed by atoms with E-state index in [1.807, 2.05) is 0 Å². The van der Waals surface area contributed by atoms with Gasteiger partial charge in [0.05, 0.1) is 0 Å². The average Bonchev–Trinajstić information content (AvgIpc) is 2.42. The summed E-state index contributed by atoms with van der Waals surface area (Å²) in [5, 5.41) is 8.84. The predicted molar refractivity (Wildman–Crippen MR) is 67.7 cm³/mol. The van der Waals surface area contributed by atoms with Gasteiger partial charge in [0.2, 0.25) is 5.16 Å². The summed E-state index contributed by atoms with van der Waals surface area (Å²) in [6.45, 7) is 9.91. The lowest BCUT2D eigenvalue weighted by Gasteiger charge is -2.16. The van der Waals surface area contributed by atoms with Crippen LogP contribution in [0.2, 0.25) is 0 Å².